The maximum atomic E-state index is 12.5. The van der Waals surface area contributed by atoms with Crippen LogP contribution in [-0.2, 0) is 4.74 Å². The molecule has 5 heteroatoms. The van der Waals surface area contributed by atoms with Crippen molar-refractivity contribution in [2.24, 2.45) is 10.7 Å². The van der Waals surface area contributed by atoms with Crippen LogP contribution < -0.4 is 5.73 Å². The Bertz CT molecular complexity index is 169. The van der Waals surface area contributed by atoms with E-state index < -0.39 is 18.6 Å². The van der Waals surface area contributed by atoms with Gasteiger partial charge in [-0.15, -0.1) is 0 Å². The van der Waals surface area contributed by atoms with Crippen LogP contribution in [0.3, 0.4) is 0 Å². The molecule has 58 valence electrons. The third-order valence-electron chi connectivity index (χ3n) is 1.34. The maximum Gasteiger partial charge on any atom is 0.303 e. The number of hydrogen-bond acceptors (Lipinski definition) is 3. The fraction of sp³-hybridized carbons (Fsp3) is 0.800. The van der Waals surface area contributed by atoms with Gasteiger partial charge in [0.2, 0.25) is 0 Å². The molecule has 10 heavy (non-hydrogen) atoms. The van der Waals surface area contributed by atoms with Crippen molar-refractivity contribution >= 4 is 6.02 Å². The molecule has 1 unspecified atom stereocenters. The molecule has 0 spiro atoms. The highest BCUT2D eigenvalue weighted by Gasteiger charge is 2.41. The molecule has 1 rings (SSSR count). The van der Waals surface area contributed by atoms with Gasteiger partial charge in [-0.25, -0.2) is 13.8 Å². The Balaban J connectivity index is 2.70. The molecule has 3 nitrogen and oxygen atoms in total. The number of alkyl halides is 2. The zero-order valence-electron chi connectivity index (χ0n) is 5.47. The number of rotatable bonds is 0. The van der Waals surface area contributed by atoms with Gasteiger partial charge in [0.1, 0.15) is 6.54 Å². The van der Waals surface area contributed by atoms with Gasteiger partial charge >= 0.3 is 5.92 Å². The standard InChI is InChI=1S/C5H8F2N2O/c1-3-5(6,7)2-9-4(8)10-3/h3H,2H2,1H3,(H2,8,9). The summed E-state index contributed by atoms with van der Waals surface area (Å²) >= 11 is 0. The predicted molar refractivity (Wildman–Crippen MR) is 32.0 cm³/mol. The van der Waals surface area contributed by atoms with Crippen molar-refractivity contribution in [1.82, 2.24) is 0 Å². The van der Waals surface area contributed by atoms with E-state index in [9.17, 15) is 8.78 Å². The highest BCUT2D eigenvalue weighted by atomic mass is 19.3. The molecule has 0 radical (unpaired) electrons. The summed E-state index contributed by atoms with van der Waals surface area (Å²) in [7, 11) is 0. The third-order valence-corrected chi connectivity index (χ3v) is 1.34. The van der Waals surface area contributed by atoms with E-state index in [0.29, 0.717) is 0 Å². The SMILES string of the molecule is CC1OC(N)=NCC1(F)F. The number of amidine groups is 1. The zero-order chi connectivity index (χ0) is 7.78. The molecule has 0 fully saturated rings. The minimum atomic E-state index is -2.87. The van der Waals surface area contributed by atoms with Crippen LogP contribution in [0.4, 0.5) is 8.78 Å². The van der Waals surface area contributed by atoms with Crippen molar-refractivity contribution in [2.75, 3.05) is 6.54 Å². The molecule has 1 aliphatic heterocycles. The van der Waals surface area contributed by atoms with Gasteiger partial charge in [-0.05, 0) is 6.92 Å². The van der Waals surface area contributed by atoms with E-state index in [4.69, 9.17) is 5.73 Å². The van der Waals surface area contributed by atoms with Crippen molar-refractivity contribution < 1.29 is 13.5 Å². The van der Waals surface area contributed by atoms with E-state index in [-0.39, 0.29) is 6.02 Å². The van der Waals surface area contributed by atoms with Gasteiger partial charge in [-0.1, -0.05) is 0 Å². The molecule has 1 aliphatic rings. The molecule has 1 atom stereocenters. The van der Waals surface area contributed by atoms with Crippen LogP contribution in [0.2, 0.25) is 0 Å². The summed E-state index contributed by atoms with van der Waals surface area (Å²) in [6, 6.07) is -0.154. The topological polar surface area (TPSA) is 47.6 Å². The average Bonchev–Trinajstić information content (AvgIpc) is 1.81. The number of aliphatic imine (C=N–C) groups is 1. The normalized spacial score (nSPS) is 30.7. The first kappa shape index (κ1) is 7.24. The highest BCUT2D eigenvalue weighted by Crippen LogP contribution is 2.24. The summed E-state index contributed by atoms with van der Waals surface area (Å²) in [5, 5.41) is 0. The molecule has 0 aromatic carbocycles. The molecule has 0 amide bonds. The minimum Gasteiger partial charge on any atom is -0.456 e. The van der Waals surface area contributed by atoms with Gasteiger partial charge in [0.15, 0.2) is 6.10 Å². The van der Waals surface area contributed by atoms with Crippen LogP contribution in [0.25, 0.3) is 0 Å². The van der Waals surface area contributed by atoms with Crippen LogP contribution in [0.5, 0.6) is 0 Å². The Labute approximate surface area is 56.9 Å². The molecular weight excluding hydrogens is 142 g/mol. The average molecular weight is 150 g/mol. The monoisotopic (exact) mass is 150 g/mol. The number of hydrogen-bond donors (Lipinski definition) is 1. The van der Waals surface area contributed by atoms with Crippen LogP contribution in [0.15, 0.2) is 4.99 Å². The maximum absolute atomic E-state index is 12.5. The lowest BCUT2D eigenvalue weighted by Gasteiger charge is -2.26. The zero-order valence-corrected chi connectivity index (χ0v) is 5.47. The molecule has 0 bridgehead atoms. The predicted octanol–water partition coefficient (Wildman–Crippen LogP) is 0.355. The Kier molecular flexibility index (Phi) is 1.50. The van der Waals surface area contributed by atoms with Crippen LogP contribution in [0.1, 0.15) is 6.92 Å². The van der Waals surface area contributed by atoms with Gasteiger partial charge in [-0.2, -0.15) is 0 Å². The summed E-state index contributed by atoms with van der Waals surface area (Å²) in [6.45, 7) is 0.696. The minimum absolute atomic E-state index is 0.154. The van der Waals surface area contributed by atoms with E-state index in [0.717, 1.165) is 0 Å². The van der Waals surface area contributed by atoms with Crippen LogP contribution in [0, 0.1) is 0 Å². The smallest absolute Gasteiger partial charge is 0.303 e. The summed E-state index contributed by atoms with van der Waals surface area (Å²) in [4.78, 5) is 3.26. The summed E-state index contributed by atoms with van der Waals surface area (Å²) in [6.07, 6.45) is -1.16. The Hall–Kier alpha value is -0.870. The fourth-order valence-corrected chi connectivity index (χ4v) is 0.616. The quantitative estimate of drug-likeness (QED) is 0.541. The van der Waals surface area contributed by atoms with Crippen LogP contribution >= 0.6 is 0 Å². The number of ether oxygens (including phenoxy) is 1. The summed E-state index contributed by atoms with van der Waals surface area (Å²) in [5.74, 6) is -2.87. The lowest BCUT2D eigenvalue weighted by molar-refractivity contribution is -0.0950. The molecule has 1 heterocycles. The number of nitrogens with two attached hydrogens (primary N) is 1. The second kappa shape index (κ2) is 2.07. The van der Waals surface area contributed by atoms with E-state index >= 15 is 0 Å². The van der Waals surface area contributed by atoms with Gasteiger partial charge in [-0.3, -0.25) is 0 Å². The lowest BCUT2D eigenvalue weighted by atomic mass is 10.2. The molecule has 0 aromatic heterocycles. The summed E-state index contributed by atoms with van der Waals surface area (Å²) in [5.41, 5.74) is 5.04. The first-order valence-electron chi connectivity index (χ1n) is 2.87. The van der Waals surface area contributed by atoms with Gasteiger partial charge in [0.05, 0.1) is 0 Å². The third kappa shape index (κ3) is 1.17. The Morgan fingerprint density at radius 3 is 2.80 bits per heavy atom. The van der Waals surface area contributed by atoms with E-state index in [1.165, 1.54) is 6.92 Å². The highest BCUT2D eigenvalue weighted by molar-refractivity contribution is 5.72. The second-order valence-electron chi connectivity index (χ2n) is 2.18. The van der Waals surface area contributed by atoms with Crippen molar-refractivity contribution in [3.8, 4) is 0 Å². The van der Waals surface area contributed by atoms with Crippen LogP contribution in [-0.4, -0.2) is 24.6 Å². The Morgan fingerprint density at radius 1 is 1.80 bits per heavy atom. The van der Waals surface area contributed by atoms with Gasteiger partial charge < -0.3 is 10.5 Å². The number of nitrogens with zero attached hydrogens (tertiary/aromatic N) is 1. The molecule has 0 saturated carbocycles. The molecule has 2 N–H and O–H groups in total. The lowest BCUT2D eigenvalue weighted by Crippen LogP contribution is -2.44. The molecule has 0 aromatic rings. The van der Waals surface area contributed by atoms with Crippen molar-refractivity contribution in [2.45, 2.75) is 19.0 Å². The second-order valence-corrected chi connectivity index (χ2v) is 2.18. The van der Waals surface area contributed by atoms with E-state index in [1.54, 1.807) is 0 Å². The number of halogens is 2. The summed E-state index contributed by atoms with van der Waals surface area (Å²) < 4.78 is 29.4. The first-order valence-corrected chi connectivity index (χ1v) is 2.87. The molecular formula is C5H8F2N2O. The molecule has 0 aliphatic carbocycles. The van der Waals surface area contributed by atoms with Crippen molar-refractivity contribution in [3.05, 3.63) is 0 Å². The van der Waals surface area contributed by atoms with E-state index in [2.05, 4.69) is 9.73 Å². The van der Waals surface area contributed by atoms with Gasteiger partial charge in [0.25, 0.3) is 6.02 Å². The van der Waals surface area contributed by atoms with Gasteiger partial charge in [0, 0.05) is 0 Å². The molecule has 0 saturated heterocycles. The Morgan fingerprint density at radius 2 is 2.40 bits per heavy atom. The first-order chi connectivity index (χ1) is 4.52. The van der Waals surface area contributed by atoms with Crippen molar-refractivity contribution in [3.63, 3.8) is 0 Å². The fourth-order valence-electron chi connectivity index (χ4n) is 0.616. The largest absolute Gasteiger partial charge is 0.456 e. The van der Waals surface area contributed by atoms with E-state index in [1.807, 2.05) is 0 Å². The van der Waals surface area contributed by atoms with Crippen molar-refractivity contribution in [1.29, 1.82) is 0 Å².